The van der Waals surface area contributed by atoms with Crippen LogP contribution in [0.3, 0.4) is 0 Å². The Kier molecular flexibility index (Phi) is 6.27. The SMILES string of the molecule is Cn1c(C(C)(C)C)c/c(=N\C(=O)c2cc(C(F)(F)F)ccc2C=O)n1C[C@H]1CCCO1. The highest BCUT2D eigenvalue weighted by molar-refractivity contribution is 6.02. The third-order valence-corrected chi connectivity index (χ3v) is 5.36. The molecule has 0 radical (unpaired) electrons. The van der Waals surface area contributed by atoms with Crippen molar-refractivity contribution in [1.82, 2.24) is 9.36 Å². The van der Waals surface area contributed by atoms with Crippen molar-refractivity contribution in [1.29, 1.82) is 0 Å². The summed E-state index contributed by atoms with van der Waals surface area (Å²) >= 11 is 0. The Bertz CT molecular complexity index is 1050. The number of hydrogen-bond donors (Lipinski definition) is 0. The van der Waals surface area contributed by atoms with Gasteiger partial charge in [0.2, 0.25) is 0 Å². The Hall–Kier alpha value is -2.68. The summed E-state index contributed by atoms with van der Waals surface area (Å²) in [5, 5.41) is 0. The summed E-state index contributed by atoms with van der Waals surface area (Å²) < 4.78 is 48.8. The first kappa shape index (κ1) is 23.0. The summed E-state index contributed by atoms with van der Waals surface area (Å²) in [5.74, 6) is -0.902. The summed E-state index contributed by atoms with van der Waals surface area (Å²) in [6.07, 6.45) is -2.49. The number of halogens is 3. The smallest absolute Gasteiger partial charge is 0.376 e. The molecule has 0 unspecified atom stereocenters. The minimum atomic E-state index is -4.64. The summed E-state index contributed by atoms with van der Waals surface area (Å²) in [7, 11) is 1.85. The molecule has 1 aliphatic heterocycles. The number of alkyl halides is 3. The Morgan fingerprint density at radius 2 is 1.97 bits per heavy atom. The first-order valence-corrected chi connectivity index (χ1v) is 10.1. The minimum Gasteiger partial charge on any atom is -0.376 e. The highest BCUT2D eigenvalue weighted by atomic mass is 19.4. The lowest BCUT2D eigenvalue weighted by atomic mass is 9.92. The maximum Gasteiger partial charge on any atom is 0.416 e. The standard InChI is InChI=1S/C22H26F3N3O3/c1-21(2,3)18-11-19(28(27(18)4)12-16-6-5-9-31-16)26-20(30)17-10-15(22(23,24)25)8-7-14(17)13-29/h7-8,10-11,13,16H,5-6,9,12H2,1-4H3/b26-19+/t16-/m1/s1. The number of aldehydes is 1. The minimum absolute atomic E-state index is 0.0328. The Labute approximate surface area is 178 Å². The molecule has 2 heterocycles. The molecule has 168 valence electrons. The Balaban J connectivity index is 2.12. The number of aromatic nitrogens is 2. The predicted octanol–water partition coefficient (Wildman–Crippen LogP) is 3.88. The van der Waals surface area contributed by atoms with Crippen LogP contribution in [-0.4, -0.2) is 34.3 Å². The quantitative estimate of drug-likeness (QED) is 0.682. The molecule has 1 fully saturated rings. The van der Waals surface area contributed by atoms with E-state index in [-0.39, 0.29) is 22.6 Å². The van der Waals surface area contributed by atoms with Crippen LogP contribution in [0, 0.1) is 0 Å². The van der Waals surface area contributed by atoms with Crippen LogP contribution in [0.1, 0.15) is 65.6 Å². The second-order valence-corrected chi connectivity index (χ2v) is 8.71. The molecule has 1 aromatic heterocycles. The zero-order chi connectivity index (χ0) is 23.0. The van der Waals surface area contributed by atoms with Crippen LogP contribution >= 0.6 is 0 Å². The topological polar surface area (TPSA) is 65.6 Å². The van der Waals surface area contributed by atoms with Crippen molar-refractivity contribution >= 4 is 12.2 Å². The van der Waals surface area contributed by atoms with Gasteiger partial charge in [-0.1, -0.05) is 26.8 Å². The van der Waals surface area contributed by atoms with Gasteiger partial charge in [0.05, 0.1) is 23.8 Å². The molecule has 0 bridgehead atoms. The molecular formula is C22H26F3N3O3. The number of amides is 1. The molecular weight excluding hydrogens is 411 g/mol. The molecule has 1 amide bonds. The van der Waals surface area contributed by atoms with E-state index in [0.29, 0.717) is 31.0 Å². The van der Waals surface area contributed by atoms with E-state index in [9.17, 15) is 22.8 Å². The lowest BCUT2D eigenvalue weighted by Crippen LogP contribution is -2.30. The Morgan fingerprint density at radius 1 is 1.26 bits per heavy atom. The summed E-state index contributed by atoms with van der Waals surface area (Å²) in [6.45, 7) is 7.17. The van der Waals surface area contributed by atoms with Gasteiger partial charge in [0, 0.05) is 36.4 Å². The summed E-state index contributed by atoms with van der Waals surface area (Å²) in [5.41, 5.74) is -0.575. The largest absolute Gasteiger partial charge is 0.416 e. The monoisotopic (exact) mass is 437 g/mol. The fraction of sp³-hybridized carbons (Fsp3) is 0.500. The van der Waals surface area contributed by atoms with E-state index < -0.39 is 17.6 Å². The van der Waals surface area contributed by atoms with Crippen LogP contribution in [-0.2, 0) is 29.9 Å². The van der Waals surface area contributed by atoms with Gasteiger partial charge < -0.3 is 4.74 Å². The number of ether oxygens (including phenoxy) is 1. The fourth-order valence-electron chi connectivity index (χ4n) is 3.75. The Morgan fingerprint density at radius 3 is 2.52 bits per heavy atom. The van der Waals surface area contributed by atoms with Crippen molar-refractivity contribution in [2.24, 2.45) is 12.0 Å². The first-order chi connectivity index (χ1) is 14.4. The molecule has 1 aliphatic rings. The van der Waals surface area contributed by atoms with Gasteiger partial charge in [-0.15, -0.1) is 0 Å². The molecule has 31 heavy (non-hydrogen) atoms. The van der Waals surface area contributed by atoms with Crippen molar-refractivity contribution in [3.05, 3.63) is 52.1 Å². The van der Waals surface area contributed by atoms with Gasteiger partial charge in [0.1, 0.15) is 0 Å². The van der Waals surface area contributed by atoms with Crippen molar-refractivity contribution in [2.45, 2.75) is 57.9 Å². The van der Waals surface area contributed by atoms with Gasteiger partial charge in [0.25, 0.3) is 5.91 Å². The predicted molar refractivity (Wildman–Crippen MR) is 108 cm³/mol. The molecule has 0 aliphatic carbocycles. The maximum absolute atomic E-state index is 13.1. The van der Waals surface area contributed by atoms with Gasteiger partial charge >= 0.3 is 6.18 Å². The zero-order valence-corrected chi connectivity index (χ0v) is 18.0. The van der Waals surface area contributed by atoms with Gasteiger partial charge in [-0.25, -0.2) is 0 Å². The average Bonchev–Trinajstić information content (AvgIpc) is 3.30. The summed E-state index contributed by atoms with van der Waals surface area (Å²) in [4.78, 5) is 28.3. The van der Waals surface area contributed by atoms with Crippen molar-refractivity contribution in [2.75, 3.05) is 6.61 Å². The molecule has 3 rings (SSSR count). The molecule has 9 heteroatoms. The lowest BCUT2D eigenvalue weighted by Gasteiger charge is -2.21. The molecule has 0 spiro atoms. The fourth-order valence-corrected chi connectivity index (χ4v) is 3.75. The summed E-state index contributed by atoms with van der Waals surface area (Å²) in [6, 6.07) is 4.19. The molecule has 6 nitrogen and oxygen atoms in total. The van der Waals surface area contributed by atoms with Crippen LogP contribution < -0.4 is 5.49 Å². The molecule has 0 saturated carbocycles. The van der Waals surface area contributed by atoms with E-state index in [1.165, 1.54) is 0 Å². The lowest BCUT2D eigenvalue weighted by molar-refractivity contribution is -0.137. The van der Waals surface area contributed by atoms with E-state index in [1.54, 1.807) is 10.7 Å². The van der Waals surface area contributed by atoms with Crippen LogP contribution in [0.15, 0.2) is 29.3 Å². The molecule has 1 aromatic carbocycles. The molecule has 2 aromatic rings. The second-order valence-electron chi connectivity index (χ2n) is 8.71. The van der Waals surface area contributed by atoms with Crippen LogP contribution in [0.4, 0.5) is 13.2 Å². The zero-order valence-electron chi connectivity index (χ0n) is 18.0. The third kappa shape index (κ3) is 4.98. The van der Waals surface area contributed by atoms with Crippen LogP contribution in [0.2, 0.25) is 0 Å². The number of nitrogens with zero attached hydrogens (tertiary/aromatic N) is 3. The van der Waals surface area contributed by atoms with E-state index in [2.05, 4.69) is 4.99 Å². The number of benzene rings is 1. The molecule has 0 N–H and O–H groups in total. The first-order valence-electron chi connectivity index (χ1n) is 10.1. The normalized spacial score (nSPS) is 17.9. The van der Waals surface area contributed by atoms with Crippen LogP contribution in [0.5, 0.6) is 0 Å². The van der Waals surface area contributed by atoms with E-state index >= 15 is 0 Å². The highest BCUT2D eigenvalue weighted by Gasteiger charge is 2.32. The number of hydrogen-bond acceptors (Lipinski definition) is 3. The van der Waals surface area contributed by atoms with Gasteiger partial charge in [0.15, 0.2) is 11.8 Å². The van der Waals surface area contributed by atoms with Crippen molar-refractivity contribution in [3.8, 4) is 0 Å². The maximum atomic E-state index is 13.1. The van der Waals surface area contributed by atoms with Crippen LogP contribution in [0.25, 0.3) is 0 Å². The van der Waals surface area contributed by atoms with E-state index in [4.69, 9.17) is 4.74 Å². The van der Waals surface area contributed by atoms with Crippen molar-refractivity contribution < 1.29 is 27.5 Å². The third-order valence-electron chi connectivity index (χ3n) is 5.36. The highest BCUT2D eigenvalue weighted by Crippen LogP contribution is 2.30. The number of carbonyl (C=O) groups is 2. The van der Waals surface area contributed by atoms with E-state index in [0.717, 1.165) is 30.7 Å². The number of carbonyl (C=O) groups excluding carboxylic acids is 2. The van der Waals surface area contributed by atoms with Gasteiger partial charge in [-0.2, -0.15) is 18.2 Å². The van der Waals surface area contributed by atoms with Gasteiger partial charge in [-0.05, 0) is 25.0 Å². The van der Waals surface area contributed by atoms with E-state index in [1.807, 2.05) is 32.5 Å². The van der Waals surface area contributed by atoms with Crippen molar-refractivity contribution in [3.63, 3.8) is 0 Å². The second kappa shape index (κ2) is 8.45. The molecule has 1 saturated heterocycles. The average molecular weight is 437 g/mol. The number of rotatable bonds is 4. The molecule has 1 atom stereocenters. The van der Waals surface area contributed by atoms with Gasteiger partial charge in [-0.3, -0.25) is 19.0 Å².